The van der Waals surface area contributed by atoms with Crippen LogP contribution in [0.15, 0.2) is 60.2 Å². The molecule has 1 N–H and O–H groups in total. The zero-order valence-electron chi connectivity index (χ0n) is 23.1. The van der Waals surface area contributed by atoms with E-state index in [4.69, 9.17) is 14.2 Å². The molecule has 0 heterocycles. The molecule has 1 atom stereocenters. The summed E-state index contributed by atoms with van der Waals surface area (Å²) < 4.78 is 15.4. The van der Waals surface area contributed by atoms with Crippen molar-refractivity contribution in [1.29, 1.82) is 0 Å². The van der Waals surface area contributed by atoms with E-state index in [2.05, 4.69) is 26.1 Å². The standard InChI is InChI=1S/C30H37NO7/c1-29(2,3)22-15-13-20(14-16-22)17-23(26(33)37-19-21-11-9-8-10-12-21)25(32)18-24(27(34)36-7)31-28(35)38-30(4,5)6/h8-17,24H,18-19H2,1-7H3,(H,31,35)/b23-17-/t24-/m0/s1. The Kier molecular flexibility index (Phi) is 10.4. The molecule has 2 rings (SSSR count). The van der Waals surface area contributed by atoms with Gasteiger partial charge in [-0.3, -0.25) is 4.79 Å². The van der Waals surface area contributed by atoms with Crippen LogP contribution >= 0.6 is 0 Å². The van der Waals surface area contributed by atoms with Crippen LogP contribution in [-0.4, -0.2) is 42.6 Å². The van der Waals surface area contributed by atoms with Gasteiger partial charge in [-0.15, -0.1) is 0 Å². The third kappa shape index (κ3) is 9.84. The number of hydrogen-bond donors (Lipinski definition) is 1. The first kappa shape index (κ1) is 30.3. The van der Waals surface area contributed by atoms with Crippen molar-refractivity contribution in [2.45, 2.75) is 71.6 Å². The second-order valence-corrected chi connectivity index (χ2v) is 10.8. The predicted octanol–water partition coefficient (Wildman–Crippen LogP) is 5.14. The maximum absolute atomic E-state index is 13.4. The van der Waals surface area contributed by atoms with Gasteiger partial charge in [0.25, 0.3) is 0 Å². The molecule has 0 aromatic heterocycles. The van der Waals surface area contributed by atoms with Crippen LogP contribution in [0.5, 0.6) is 0 Å². The molecule has 0 radical (unpaired) electrons. The number of alkyl carbamates (subject to hydrolysis) is 1. The lowest BCUT2D eigenvalue weighted by Gasteiger charge is -2.22. The summed E-state index contributed by atoms with van der Waals surface area (Å²) in [6.07, 6.45) is -0.00187. The quantitative estimate of drug-likeness (QED) is 0.159. The van der Waals surface area contributed by atoms with Crippen molar-refractivity contribution in [3.63, 3.8) is 0 Å². The van der Waals surface area contributed by atoms with Gasteiger partial charge in [-0.25, -0.2) is 14.4 Å². The van der Waals surface area contributed by atoms with E-state index in [1.54, 1.807) is 45.0 Å². The number of ether oxygens (including phenoxy) is 3. The molecule has 0 aliphatic carbocycles. The third-order valence-electron chi connectivity index (χ3n) is 5.39. The molecule has 0 saturated heterocycles. The van der Waals surface area contributed by atoms with Crippen molar-refractivity contribution in [3.05, 3.63) is 76.9 Å². The summed E-state index contributed by atoms with van der Waals surface area (Å²) in [6, 6.07) is 15.1. The fourth-order valence-corrected chi connectivity index (χ4v) is 3.38. The van der Waals surface area contributed by atoms with Gasteiger partial charge in [0.1, 0.15) is 23.8 Å². The predicted molar refractivity (Wildman–Crippen MR) is 144 cm³/mol. The van der Waals surface area contributed by atoms with E-state index in [1.807, 2.05) is 30.3 Å². The zero-order chi connectivity index (χ0) is 28.5. The van der Waals surface area contributed by atoms with Crippen molar-refractivity contribution in [2.75, 3.05) is 7.11 Å². The van der Waals surface area contributed by atoms with Gasteiger partial charge >= 0.3 is 18.0 Å². The first-order valence-electron chi connectivity index (χ1n) is 12.3. The van der Waals surface area contributed by atoms with Gasteiger partial charge in [-0.2, -0.15) is 0 Å². The first-order valence-corrected chi connectivity index (χ1v) is 12.3. The normalized spacial score (nSPS) is 12.8. The molecule has 0 aliphatic rings. The van der Waals surface area contributed by atoms with Crippen LogP contribution in [0, 0.1) is 0 Å². The van der Waals surface area contributed by atoms with Gasteiger partial charge < -0.3 is 19.5 Å². The number of carbonyl (C=O) groups excluding carboxylic acids is 4. The third-order valence-corrected chi connectivity index (χ3v) is 5.39. The fourth-order valence-electron chi connectivity index (χ4n) is 3.38. The van der Waals surface area contributed by atoms with Crippen LogP contribution in [0.4, 0.5) is 4.79 Å². The monoisotopic (exact) mass is 523 g/mol. The number of hydrogen-bond acceptors (Lipinski definition) is 7. The molecule has 0 aliphatic heterocycles. The molecular weight excluding hydrogens is 486 g/mol. The van der Waals surface area contributed by atoms with E-state index in [0.29, 0.717) is 5.56 Å². The molecule has 0 fully saturated rings. The van der Waals surface area contributed by atoms with Crippen molar-refractivity contribution in [2.24, 2.45) is 0 Å². The number of methoxy groups -OCH3 is 1. The number of nitrogens with one attached hydrogen (secondary N) is 1. The Morgan fingerprint density at radius 1 is 0.895 bits per heavy atom. The van der Waals surface area contributed by atoms with E-state index >= 15 is 0 Å². The van der Waals surface area contributed by atoms with Crippen LogP contribution in [0.25, 0.3) is 6.08 Å². The molecule has 8 nitrogen and oxygen atoms in total. The minimum atomic E-state index is -1.36. The number of carbonyl (C=O) groups is 4. The first-order chi connectivity index (χ1) is 17.7. The van der Waals surface area contributed by atoms with Crippen LogP contribution in [0.1, 0.15) is 64.7 Å². The van der Waals surface area contributed by atoms with Crippen LogP contribution in [-0.2, 0) is 40.6 Å². The lowest BCUT2D eigenvalue weighted by molar-refractivity contribution is -0.145. The summed E-state index contributed by atoms with van der Waals surface area (Å²) in [7, 11) is 1.14. The van der Waals surface area contributed by atoms with Crippen LogP contribution in [0.3, 0.4) is 0 Å². The Labute approximate surface area is 224 Å². The van der Waals surface area contributed by atoms with Gasteiger partial charge in [-0.1, -0.05) is 75.4 Å². The van der Waals surface area contributed by atoms with Crippen molar-refractivity contribution < 1.29 is 33.4 Å². The Hall–Kier alpha value is -3.94. The summed E-state index contributed by atoms with van der Waals surface area (Å²) in [6.45, 7) is 11.2. The number of esters is 2. The van der Waals surface area contributed by atoms with Crippen molar-refractivity contribution in [1.82, 2.24) is 5.32 Å². The van der Waals surface area contributed by atoms with E-state index in [-0.39, 0.29) is 17.6 Å². The molecular formula is C30H37NO7. The van der Waals surface area contributed by atoms with Crippen LogP contribution in [0.2, 0.25) is 0 Å². The molecule has 0 saturated carbocycles. The van der Waals surface area contributed by atoms with E-state index in [0.717, 1.165) is 18.2 Å². The summed E-state index contributed by atoms with van der Waals surface area (Å²) in [5.41, 5.74) is 1.29. The van der Waals surface area contributed by atoms with Gasteiger partial charge in [-0.05, 0) is 49.0 Å². The Balaban J connectivity index is 2.34. The average Bonchev–Trinajstić information content (AvgIpc) is 2.84. The van der Waals surface area contributed by atoms with Gasteiger partial charge in [0.15, 0.2) is 5.78 Å². The molecule has 0 bridgehead atoms. The highest BCUT2D eigenvalue weighted by Gasteiger charge is 2.30. The topological polar surface area (TPSA) is 108 Å². The molecule has 38 heavy (non-hydrogen) atoms. The maximum Gasteiger partial charge on any atom is 0.408 e. The summed E-state index contributed by atoms with van der Waals surface area (Å²) in [5, 5.41) is 2.36. The van der Waals surface area contributed by atoms with Gasteiger partial charge in [0.2, 0.25) is 0 Å². The van der Waals surface area contributed by atoms with E-state index in [9.17, 15) is 19.2 Å². The Morgan fingerprint density at radius 2 is 1.50 bits per heavy atom. The van der Waals surface area contributed by atoms with Crippen LogP contribution < -0.4 is 5.32 Å². The Morgan fingerprint density at radius 3 is 2.03 bits per heavy atom. The highest BCUT2D eigenvalue weighted by atomic mass is 16.6. The Bertz CT molecular complexity index is 1150. The summed E-state index contributed by atoms with van der Waals surface area (Å²) >= 11 is 0. The molecule has 0 unspecified atom stereocenters. The van der Waals surface area contributed by atoms with Crippen molar-refractivity contribution in [3.8, 4) is 0 Å². The zero-order valence-corrected chi connectivity index (χ0v) is 23.1. The second kappa shape index (κ2) is 13.0. The number of Topliss-reactive ketones (excluding diaryl/α,β-unsaturated/α-hetero) is 1. The smallest absolute Gasteiger partial charge is 0.408 e. The largest absolute Gasteiger partial charge is 0.467 e. The maximum atomic E-state index is 13.4. The SMILES string of the molecule is COC(=O)[C@H](CC(=O)/C(=C/c1ccc(C(C)(C)C)cc1)C(=O)OCc1ccccc1)NC(=O)OC(C)(C)C. The highest BCUT2D eigenvalue weighted by Crippen LogP contribution is 2.23. The van der Waals surface area contributed by atoms with Crippen molar-refractivity contribution >= 4 is 29.9 Å². The average molecular weight is 524 g/mol. The number of amides is 1. The lowest BCUT2D eigenvalue weighted by Crippen LogP contribution is -2.45. The number of rotatable bonds is 9. The molecule has 0 spiro atoms. The lowest BCUT2D eigenvalue weighted by atomic mass is 9.86. The second-order valence-electron chi connectivity index (χ2n) is 10.8. The minimum Gasteiger partial charge on any atom is -0.467 e. The molecule has 8 heteroatoms. The number of benzene rings is 2. The minimum absolute atomic E-state index is 0.0379. The fraction of sp³-hybridized carbons (Fsp3) is 0.400. The molecule has 2 aromatic carbocycles. The molecule has 2 aromatic rings. The molecule has 1 amide bonds. The van der Waals surface area contributed by atoms with Gasteiger partial charge in [0, 0.05) is 6.42 Å². The van der Waals surface area contributed by atoms with E-state index in [1.165, 1.54) is 6.08 Å². The number of ketones is 1. The highest BCUT2D eigenvalue weighted by molar-refractivity contribution is 6.21. The van der Waals surface area contributed by atoms with E-state index < -0.39 is 41.9 Å². The molecule has 204 valence electrons. The summed E-state index contributed by atoms with van der Waals surface area (Å²) in [4.78, 5) is 51.1. The summed E-state index contributed by atoms with van der Waals surface area (Å²) in [5.74, 6) is -2.40. The van der Waals surface area contributed by atoms with Gasteiger partial charge in [0.05, 0.1) is 7.11 Å².